The summed E-state index contributed by atoms with van der Waals surface area (Å²) in [6.07, 6.45) is 0.850. The number of thioether (sulfide) groups is 2. The van der Waals surface area contributed by atoms with E-state index in [0.717, 1.165) is 35.5 Å². The quantitative estimate of drug-likeness (QED) is 0.611. The minimum Gasteiger partial charge on any atom is -0.477 e. The second-order valence-electron chi connectivity index (χ2n) is 8.26. The molecule has 0 aliphatic carbocycles. The number of carbonyl (C=O) groups is 3. The Bertz CT molecular complexity index is 806. The van der Waals surface area contributed by atoms with E-state index in [9.17, 15) is 19.5 Å². The van der Waals surface area contributed by atoms with Gasteiger partial charge in [0.05, 0.1) is 18.5 Å². The van der Waals surface area contributed by atoms with Crippen LogP contribution in [0, 0.1) is 17.8 Å². The lowest BCUT2D eigenvalue weighted by Gasteiger charge is -2.47. The zero-order valence-corrected chi connectivity index (χ0v) is 18.6. The highest BCUT2D eigenvalue weighted by Crippen LogP contribution is 2.53. The van der Waals surface area contributed by atoms with Gasteiger partial charge in [0.1, 0.15) is 11.5 Å². The van der Waals surface area contributed by atoms with Crippen molar-refractivity contribution in [3.8, 4) is 0 Å². The molecule has 0 aromatic heterocycles. The Kier molecular flexibility index (Phi) is 5.72. The molecule has 9 heteroatoms. The number of likely N-dealkylation sites (tertiary alicyclic amines) is 1. The number of rotatable bonds is 7. The molecule has 4 aliphatic heterocycles. The molecular formula is C20H27N3O4S2. The Morgan fingerprint density at radius 2 is 2.10 bits per heavy atom. The number of amides is 1. The number of Topliss-reactive ketones (excluding diaryl/α,β-unsaturated/α-hetero) is 1. The Morgan fingerprint density at radius 3 is 2.69 bits per heavy atom. The van der Waals surface area contributed by atoms with Crippen molar-refractivity contribution in [2.45, 2.75) is 44.9 Å². The third-order valence-corrected chi connectivity index (χ3v) is 8.81. The van der Waals surface area contributed by atoms with E-state index >= 15 is 0 Å². The van der Waals surface area contributed by atoms with Gasteiger partial charge in [-0.25, -0.2) is 4.79 Å². The largest absolute Gasteiger partial charge is 0.477 e. The predicted octanol–water partition coefficient (Wildman–Crippen LogP) is 2.28. The third-order valence-electron chi connectivity index (χ3n) is 6.33. The van der Waals surface area contributed by atoms with Crippen molar-refractivity contribution in [3.05, 3.63) is 10.6 Å². The summed E-state index contributed by atoms with van der Waals surface area (Å²) in [5.74, 6) is -0.327. The van der Waals surface area contributed by atoms with E-state index in [1.54, 1.807) is 23.5 Å². The maximum Gasteiger partial charge on any atom is 0.353 e. The molecule has 4 heterocycles. The molecule has 29 heavy (non-hydrogen) atoms. The smallest absolute Gasteiger partial charge is 0.353 e. The Hall–Kier alpha value is -1.48. The summed E-state index contributed by atoms with van der Waals surface area (Å²) in [6, 6.07) is -0.137. The number of ketones is 1. The number of hydrogen-bond donors (Lipinski definition) is 1. The van der Waals surface area contributed by atoms with Gasteiger partial charge in [0.25, 0.3) is 0 Å². The van der Waals surface area contributed by atoms with Crippen LogP contribution >= 0.6 is 23.5 Å². The normalized spacial score (nSPS) is 30.1. The molecule has 7 nitrogen and oxygen atoms in total. The van der Waals surface area contributed by atoms with E-state index in [-0.39, 0.29) is 41.2 Å². The molecule has 4 aliphatic rings. The summed E-state index contributed by atoms with van der Waals surface area (Å²) in [5.41, 5.74) is 0.161. The molecule has 2 saturated heterocycles. The molecule has 0 spiro atoms. The van der Waals surface area contributed by atoms with Crippen molar-refractivity contribution in [3.63, 3.8) is 0 Å². The van der Waals surface area contributed by atoms with Crippen LogP contribution in [0.15, 0.2) is 15.6 Å². The van der Waals surface area contributed by atoms with E-state index < -0.39 is 5.97 Å². The van der Waals surface area contributed by atoms with Gasteiger partial charge in [-0.3, -0.25) is 14.6 Å². The average molecular weight is 438 g/mol. The van der Waals surface area contributed by atoms with Crippen LogP contribution in [-0.4, -0.2) is 74.4 Å². The first-order valence-electron chi connectivity index (χ1n) is 10.2. The fourth-order valence-corrected chi connectivity index (χ4v) is 7.16. The van der Waals surface area contributed by atoms with Crippen LogP contribution in [-0.2, 0) is 14.4 Å². The molecule has 0 aromatic rings. The number of carboxylic acid groups (broad SMARTS) is 1. The third kappa shape index (κ3) is 3.50. The van der Waals surface area contributed by atoms with Crippen LogP contribution < -0.4 is 0 Å². The lowest BCUT2D eigenvalue weighted by Crippen LogP contribution is -2.62. The van der Waals surface area contributed by atoms with Gasteiger partial charge in [0.15, 0.2) is 5.17 Å². The van der Waals surface area contributed by atoms with Crippen molar-refractivity contribution >= 4 is 46.4 Å². The lowest BCUT2D eigenvalue weighted by atomic mass is 9.73. The zero-order valence-electron chi connectivity index (χ0n) is 17.0. The topological polar surface area (TPSA) is 90.3 Å². The predicted molar refractivity (Wildman–Crippen MR) is 115 cm³/mol. The minimum absolute atomic E-state index is 0.0137. The maximum atomic E-state index is 12.8. The second kappa shape index (κ2) is 7.98. The Morgan fingerprint density at radius 1 is 1.38 bits per heavy atom. The number of amidine groups is 1. The van der Waals surface area contributed by atoms with Gasteiger partial charge >= 0.3 is 5.97 Å². The molecule has 0 bridgehead atoms. The van der Waals surface area contributed by atoms with Crippen molar-refractivity contribution in [1.29, 1.82) is 0 Å². The van der Waals surface area contributed by atoms with Crippen LogP contribution in [0.2, 0.25) is 0 Å². The standard InChI is InChI=1S/C20H27N3O4S2/c1-4-12(24)7-10(2)14-15-11(3)17(16(19(26)27)23(15)18(14)25)29-13-8-22(9-13)20-21-5-6-28-20/h10-11,13-15H,4-9H2,1-3H3,(H,26,27)/t10-,11+,14+,15-/m0/s1. The number of hydrogen-bond acceptors (Lipinski definition) is 7. The van der Waals surface area contributed by atoms with Gasteiger partial charge < -0.3 is 14.9 Å². The molecule has 4 atom stereocenters. The van der Waals surface area contributed by atoms with Crippen LogP contribution in [0.4, 0.5) is 0 Å². The molecule has 1 amide bonds. The molecule has 158 valence electrons. The highest BCUT2D eigenvalue weighted by atomic mass is 32.2. The van der Waals surface area contributed by atoms with Gasteiger partial charge in [0, 0.05) is 47.8 Å². The van der Waals surface area contributed by atoms with Gasteiger partial charge in [-0.15, -0.1) is 11.8 Å². The van der Waals surface area contributed by atoms with E-state index in [1.807, 2.05) is 20.8 Å². The van der Waals surface area contributed by atoms with Crippen LogP contribution in [0.5, 0.6) is 0 Å². The summed E-state index contributed by atoms with van der Waals surface area (Å²) in [5, 5.41) is 11.2. The lowest BCUT2D eigenvalue weighted by molar-refractivity contribution is -0.160. The molecule has 1 N–H and O–H groups in total. The molecule has 0 saturated carbocycles. The first-order valence-corrected chi connectivity index (χ1v) is 12.1. The van der Waals surface area contributed by atoms with Gasteiger partial charge in [-0.05, 0) is 5.92 Å². The molecule has 0 aromatic carbocycles. The second-order valence-corrected chi connectivity index (χ2v) is 10.7. The molecule has 0 unspecified atom stereocenters. The minimum atomic E-state index is -1.03. The fraction of sp³-hybridized carbons (Fsp3) is 0.700. The highest BCUT2D eigenvalue weighted by Gasteiger charge is 2.60. The van der Waals surface area contributed by atoms with Crippen LogP contribution in [0.1, 0.15) is 33.6 Å². The molecule has 2 fully saturated rings. The summed E-state index contributed by atoms with van der Waals surface area (Å²) < 4.78 is 0. The molecule has 0 radical (unpaired) electrons. The SMILES string of the molecule is CCC(=O)C[C@H](C)[C@H]1C(=O)N2C(C(=O)O)=C(SC3CN(C4=NCCS4)C3)[C@H](C)[C@@H]12. The first-order chi connectivity index (χ1) is 13.8. The highest BCUT2D eigenvalue weighted by molar-refractivity contribution is 8.14. The van der Waals surface area contributed by atoms with Crippen molar-refractivity contribution in [2.24, 2.45) is 22.7 Å². The number of aliphatic carboxylic acids is 1. The van der Waals surface area contributed by atoms with Gasteiger partial charge in [-0.2, -0.15) is 0 Å². The number of carboxylic acids is 1. The zero-order chi connectivity index (χ0) is 20.9. The van der Waals surface area contributed by atoms with Gasteiger partial charge in [0.2, 0.25) is 5.91 Å². The number of aliphatic imine (C=N–C) groups is 1. The number of carbonyl (C=O) groups excluding carboxylic acids is 2. The maximum absolute atomic E-state index is 12.8. The summed E-state index contributed by atoms with van der Waals surface area (Å²) >= 11 is 3.39. The average Bonchev–Trinajstić information content (AvgIpc) is 3.23. The van der Waals surface area contributed by atoms with E-state index in [4.69, 9.17) is 0 Å². The van der Waals surface area contributed by atoms with Crippen LogP contribution in [0.3, 0.4) is 0 Å². The summed E-state index contributed by atoms with van der Waals surface area (Å²) in [4.78, 5) is 45.8. The monoisotopic (exact) mass is 437 g/mol. The van der Waals surface area contributed by atoms with E-state index in [2.05, 4.69) is 9.89 Å². The van der Waals surface area contributed by atoms with Crippen molar-refractivity contribution in [1.82, 2.24) is 9.80 Å². The Balaban J connectivity index is 1.46. The molecular weight excluding hydrogens is 410 g/mol. The number of β-lactam (4-membered cyclic amide) rings is 1. The van der Waals surface area contributed by atoms with Crippen molar-refractivity contribution in [2.75, 3.05) is 25.4 Å². The fourth-order valence-electron chi connectivity index (χ4n) is 4.76. The van der Waals surface area contributed by atoms with Crippen LogP contribution in [0.25, 0.3) is 0 Å². The van der Waals surface area contributed by atoms with Gasteiger partial charge in [-0.1, -0.05) is 32.5 Å². The molecule has 4 rings (SSSR count). The number of nitrogens with zero attached hydrogens (tertiary/aromatic N) is 3. The summed E-state index contributed by atoms with van der Waals surface area (Å²) in [7, 11) is 0. The first kappa shape index (κ1) is 20.8. The Labute approximate surface area is 179 Å². The summed E-state index contributed by atoms with van der Waals surface area (Å²) in [6.45, 7) is 8.40. The van der Waals surface area contributed by atoms with Crippen molar-refractivity contribution < 1.29 is 19.5 Å². The van der Waals surface area contributed by atoms with E-state index in [0.29, 0.717) is 18.1 Å². The number of fused-ring (bicyclic) bond motifs is 1. The van der Waals surface area contributed by atoms with E-state index in [1.165, 1.54) is 4.90 Å².